The second kappa shape index (κ2) is 7.41. The average Bonchev–Trinajstić information content (AvgIpc) is 2.83. The Hall–Kier alpha value is -0.610. The molecule has 0 heterocycles. The Labute approximate surface area is 122 Å². The minimum absolute atomic E-state index is 0.129. The van der Waals surface area contributed by atoms with Crippen LogP contribution < -0.4 is 5.32 Å². The third kappa shape index (κ3) is 3.73. The van der Waals surface area contributed by atoms with Gasteiger partial charge in [-0.05, 0) is 38.1 Å². The predicted molar refractivity (Wildman–Crippen MR) is 78.6 cm³/mol. The minimum Gasteiger partial charge on any atom is -0.468 e. The Kier molecular flexibility index (Phi) is 5.85. The van der Waals surface area contributed by atoms with Crippen molar-refractivity contribution >= 4 is 5.97 Å². The summed E-state index contributed by atoms with van der Waals surface area (Å²) in [6, 6.07) is 0. The molecule has 20 heavy (non-hydrogen) atoms. The summed E-state index contributed by atoms with van der Waals surface area (Å²) in [6.45, 7) is 3.81. The first kappa shape index (κ1) is 15.8. The van der Waals surface area contributed by atoms with E-state index in [9.17, 15) is 4.79 Å². The van der Waals surface area contributed by atoms with Gasteiger partial charge in [0.15, 0.2) is 0 Å². The molecule has 2 saturated carbocycles. The summed E-state index contributed by atoms with van der Waals surface area (Å²) in [5.74, 6) is 0.760. The summed E-state index contributed by atoms with van der Waals surface area (Å²) in [7, 11) is 1.47. The molecule has 0 amide bonds. The monoisotopic (exact) mass is 283 g/mol. The van der Waals surface area contributed by atoms with Crippen molar-refractivity contribution in [2.75, 3.05) is 20.3 Å². The molecule has 116 valence electrons. The van der Waals surface area contributed by atoms with Crippen LogP contribution in [-0.4, -0.2) is 37.9 Å². The number of hydrogen-bond donors (Lipinski definition) is 1. The minimum atomic E-state index is -0.508. The normalized spacial score (nSPS) is 30.2. The van der Waals surface area contributed by atoms with Crippen LogP contribution in [0.4, 0.5) is 0 Å². The number of carbonyl (C=O) groups is 1. The summed E-state index contributed by atoms with van der Waals surface area (Å²) in [6.07, 6.45) is 9.08. The van der Waals surface area contributed by atoms with Gasteiger partial charge in [-0.1, -0.05) is 26.2 Å². The second-order valence-corrected chi connectivity index (χ2v) is 6.32. The van der Waals surface area contributed by atoms with Gasteiger partial charge in [0.05, 0.1) is 13.2 Å². The first-order valence-corrected chi connectivity index (χ1v) is 8.15. The maximum Gasteiger partial charge on any atom is 0.326 e. The Morgan fingerprint density at radius 3 is 2.75 bits per heavy atom. The van der Waals surface area contributed by atoms with Crippen molar-refractivity contribution in [1.29, 1.82) is 0 Å². The highest BCUT2D eigenvalue weighted by Crippen LogP contribution is 2.34. The summed E-state index contributed by atoms with van der Waals surface area (Å²) < 4.78 is 11.0. The largest absolute Gasteiger partial charge is 0.468 e. The Morgan fingerprint density at radius 1 is 1.35 bits per heavy atom. The van der Waals surface area contributed by atoms with Crippen LogP contribution in [0.15, 0.2) is 0 Å². The fourth-order valence-corrected chi connectivity index (χ4v) is 3.30. The molecule has 2 fully saturated rings. The molecular formula is C16H29NO3. The van der Waals surface area contributed by atoms with E-state index in [1.807, 2.05) is 0 Å². The summed E-state index contributed by atoms with van der Waals surface area (Å²) >= 11 is 0. The topological polar surface area (TPSA) is 47.6 Å². The van der Waals surface area contributed by atoms with Crippen molar-refractivity contribution in [3.05, 3.63) is 0 Å². The lowest BCUT2D eigenvalue weighted by Crippen LogP contribution is -2.51. The van der Waals surface area contributed by atoms with E-state index < -0.39 is 5.54 Å². The van der Waals surface area contributed by atoms with Gasteiger partial charge in [0, 0.05) is 13.0 Å². The van der Waals surface area contributed by atoms with Crippen LogP contribution in [0.3, 0.4) is 0 Å². The molecule has 0 spiro atoms. The van der Waals surface area contributed by atoms with Gasteiger partial charge in [0.2, 0.25) is 0 Å². The Balaban J connectivity index is 1.77. The lowest BCUT2D eigenvalue weighted by atomic mass is 9.83. The quantitative estimate of drug-likeness (QED) is 0.696. The number of methoxy groups -OCH3 is 1. The van der Waals surface area contributed by atoms with Gasteiger partial charge in [-0.15, -0.1) is 0 Å². The van der Waals surface area contributed by atoms with Gasteiger partial charge in [-0.3, -0.25) is 4.79 Å². The van der Waals surface area contributed by atoms with Gasteiger partial charge in [-0.2, -0.15) is 0 Å². The van der Waals surface area contributed by atoms with Crippen LogP contribution in [-0.2, 0) is 14.3 Å². The standard InChI is InChI=1S/C16H29NO3/c1-3-10-17-16(15(18)19-2)9-7-14(12-16)20-11-8-13-5-4-6-13/h13-14,17H,3-12H2,1-2H3. The number of esters is 1. The number of nitrogens with one attached hydrogen (secondary N) is 1. The number of carbonyl (C=O) groups excluding carboxylic acids is 1. The third-order valence-electron chi connectivity index (χ3n) is 4.86. The van der Waals surface area contributed by atoms with Crippen LogP contribution in [0, 0.1) is 5.92 Å². The van der Waals surface area contributed by atoms with E-state index in [1.165, 1.54) is 32.8 Å². The third-order valence-corrected chi connectivity index (χ3v) is 4.86. The molecule has 0 aliphatic heterocycles. The van der Waals surface area contributed by atoms with Crippen molar-refractivity contribution in [1.82, 2.24) is 5.32 Å². The van der Waals surface area contributed by atoms with Gasteiger partial charge in [0.25, 0.3) is 0 Å². The smallest absolute Gasteiger partial charge is 0.326 e. The molecule has 2 atom stereocenters. The zero-order valence-corrected chi connectivity index (χ0v) is 13.0. The molecule has 0 radical (unpaired) electrons. The van der Waals surface area contributed by atoms with Crippen molar-refractivity contribution < 1.29 is 14.3 Å². The highest BCUT2D eigenvalue weighted by atomic mass is 16.5. The lowest BCUT2D eigenvalue weighted by Gasteiger charge is -2.28. The Bertz CT molecular complexity index is 317. The van der Waals surface area contributed by atoms with Crippen molar-refractivity contribution in [2.45, 2.75) is 69.9 Å². The highest BCUT2D eigenvalue weighted by Gasteiger charge is 2.46. The van der Waals surface area contributed by atoms with E-state index in [0.717, 1.165) is 44.8 Å². The summed E-state index contributed by atoms with van der Waals surface area (Å²) in [5.41, 5.74) is -0.508. The van der Waals surface area contributed by atoms with E-state index >= 15 is 0 Å². The van der Waals surface area contributed by atoms with Crippen molar-refractivity contribution in [3.63, 3.8) is 0 Å². The molecule has 2 rings (SSSR count). The van der Waals surface area contributed by atoms with Crippen LogP contribution in [0.2, 0.25) is 0 Å². The maximum atomic E-state index is 12.1. The second-order valence-electron chi connectivity index (χ2n) is 6.32. The molecule has 0 aromatic rings. The Morgan fingerprint density at radius 2 is 2.15 bits per heavy atom. The van der Waals surface area contributed by atoms with Gasteiger partial charge in [-0.25, -0.2) is 0 Å². The molecule has 4 heteroatoms. The number of rotatable bonds is 8. The number of hydrogen-bond acceptors (Lipinski definition) is 4. The summed E-state index contributed by atoms with van der Waals surface area (Å²) in [4.78, 5) is 12.1. The van der Waals surface area contributed by atoms with Crippen LogP contribution >= 0.6 is 0 Å². The fourth-order valence-electron chi connectivity index (χ4n) is 3.30. The van der Waals surface area contributed by atoms with Crippen LogP contribution in [0.25, 0.3) is 0 Å². The van der Waals surface area contributed by atoms with Crippen molar-refractivity contribution in [2.24, 2.45) is 5.92 Å². The van der Waals surface area contributed by atoms with Crippen LogP contribution in [0.1, 0.15) is 58.3 Å². The van der Waals surface area contributed by atoms with Crippen molar-refractivity contribution in [3.8, 4) is 0 Å². The van der Waals surface area contributed by atoms with Gasteiger partial charge < -0.3 is 14.8 Å². The molecule has 4 nitrogen and oxygen atoms in total. The van der Waals surface area contributed by atoms with Gasteiger partial charge >= 0.3 is 5.97 Å². The molecule has 2 aliphatic carbocycles. The van der Waals surface area contributed by atoms with E-state index in [0.29, 0.717) is 0 Å². The molecule has 0 aromatic carbocycles. The lowest BCUT2D eigenvalue weighted by molar-refractivity contribution is -0.149. The molecular weight excluding hydrogens is 254 g/mol. The first-order valence-electron chi connectivity index (χ1n) is 8.15. The molecule has 1 N–H and O–H groups in total. The summed E-state index contributed by atoms with van der Waals surface area (Å²) in [5, 5.41) is 3.39. The first-order chi connectivity index (χ1) is 9.70. The maximum absolute atomic E-state index is 12.1. The number of ether oxygens (including phenoxy) is 2. The molecule has 2 aliphatic rings. The zero-order chi connectivity index (χ0) is 14.4. The van der Waals surface area contributed by atoms with E-state index in [4.69, 9.17) is 9.47 Å². The molecule has 0 aromatic heterocycles. The van der Waals surface area contributed by atoms with E-state index in [1.54, 1.807) is 0 Å². The van der Waals surface area contributed by atoms with E-state index in [2.05, 4.69) is 12.2 Å². The SMILES string of the molecule is CCCNC1(C(=O)OC)CCC(OCCC2CCC2)C1. The van der Waals surface area contributed by atoms with Crippen LogP contribution in [0.5, 0.6) is 0 Å². The average molecular weight is 283 g/mol. The van der Waals surface area contributed by atoms with Gasteiger partial charge in [0.1, 0.15) is 5.54 Å². The zero-order valence-electron chi connectivity index (χ0n) is 13.0. The fraction of sp³-hybridized carbons (Fsp3) is 0.938. The predicted octanol–water partition coefficient (Wildman–Crippen LogP) is 2.66. The van der Waals surface area contributed by atoms with E-state index in [-0.39, 0.29) is 12.1 Å². The molecule has 0 saturated heterocycles. The molecule has 0 bridgehead atoms. The molecule has 2 unspecified atom stereocenters. The highest BCUT2D eigenvalue weighted by molar-refractivity contribution is 5.81.